The Morgan fingerprint density at radius 2 is 1.69 bits per heavy atom. The van der Waals surface area contributed by atoms with Crippen molar-refractivity contribution in [3.63, 3.8) is 0 Å². The molecule has 0 radical (unpaired) electrons. The van der Waals surface area contributed by atoms with Crippen LogP contribution in [0.3, 0.4) is 0 Å². The number of aliphatic hydroxyl groups excluding tert-OH is 1. The first-order chi connectivity index (χ1) is 24.6. The quantitative estimate of drug-likeness (QED) is 0.171. The highest BCUT2D eigenvalue weighted by Crippen LogP contribution is 2.59. The largest absolute Gasteiger partial charge is 0.462 e. The number of nitrogens with one attached hydrogen (secondary N) is 1. The summed E-state index contributed by atoms with van der Waals surface area (Å²) in [7, 11) is 0. The molecule has 4 fully saturated rings. The average molecular weight is 724 g/mol. The van der Waals surface area contributed by atoms with E-state index in [0.717, 1.165) is 25.7 Å². The van der Waals surface area contributed by atoms with Gasteiger partial charge in [-0.15, -0.1) is 0 Å². The fourth-order valence-electron chi connectivity index (χ4n) is 6.93. The van der Waals surface area contributed by atoms with Gasteiger partial charge in [0.2, 0.25) is 12.0 Å². The number of carbonyl (C=O) groups is 5. The first kappa shape index (κ1) is 37.7. The minimum absolute atomic E-state index is 0.0168. The Morgan fingerprint density at radius 3 is 2.27 bits per heavy atom. The van der Waals surface area contributed by atoms with Crippen LogP contribution < -0.4 is 5.32 Å². The first-order valence-corrected chi connectivity index (χ1v) is 18.1. The number of esters is 4. The molecule has 2 aliphatic heterocycles. The molecule has 52 heavy (non-hydrogen) atoms. The fraction of sp³-hybridized carbons (Fsp3) is 0.615. The molecule has 1 aromatic rings. The zero-order chi connectivity index (χ0) is 37.4. The van der Waals surface area contributed by atoms with Crippen molar-refractivity contribution in [2.75, 3.05) is 13.2 Å². The van der Waals surface area contributed by atoms with Crippen LogP contribution >= 0.6 is 0 Å². The third-order valence-electron chi connectivity index (χ3n) is 9.94. The standard InChI is InChI=1S/C39H49NO12/c1-37(2,3)51-31(43)17-15-27(20-41)40-34(44)24-18-28(32-29(19-24)50-39(52-32,25-11-12-25)26-13-14-26)48-35(45)23-9-6-22(7-10-23)8-16-30(42)49-33-36(46)47-21-38(33,4)5/h6-10,16,19,25-29,32-33,41H,11-15,17-18,20-21H2,1-5H3,(H,40,44)/t27-,28+,29+,32-,33-/m0/s1. The second-order valence-corrected chi connectivity index (χ2v) is 16.1. The van der Waals surface area contributed by atoms with E-state index >= 15 is 0 Å². The lowest BCUT2D eigenvalue weighted by atomic mass is 9.90. The third kappa shape index (κ3) is 8.75. The molecule has 0 unspecified atom stereocenters. The maximum Gasteiger partial charge on any atom is 0.348 e. The van der Waals surface area contributed by atoms with E-state index in [1.54, 1.807) is 65.0 Å². The van der Waals surface area contributed by atoms with E-state index in [4.69, 9.17) is 28.4 Å². The molecule has 2 heterocycles. The molecular formula is C39H49NO12. The summed E-state index contributed by atoms with van der Waals surface area (Å²) in [5.74, 6) is -3.05. The minimum Gasteiger partial charge on any atom is -0.462 e. The first-order valence-electron chi connectivity index (χ1n) is 18.1. The molecule has 0 bridgehead atoms. The van der Waals surface area contributed by atoms with Crippen LogP contribution in [-0.4, -0.2) is 90.0 Å². The maximum absolute atomic E-state index is 13.6. The van der Waals surface area contributed by atoms with Gasteiger partial charge in [-0.2, -0.15) is 0 Å². The number of hydrogen-bond donors (Lipinski definition) is 2. The fourth-order valence-corrected chi connectivity index (χ4v) is 6.93. The summed E-state index contributed by atoms with van der Waals surface area (Å²) in [4.78, 5) is 63.7. The van der Waals surface area contributed by atoms with Gasteiger partial charge in [0.1, 0.15) is 30.5 Å². The van der Waals surface area contributed by atoms with Crippen molar-refractivity contribution in [3.05, 3.63) is 53.1 Å². The molecular weight excluding hydrogens is 674 g/mol. The van der Waals surface area contributed by atoms with Gasteiger partial charge in [-0.3, -0.25) is 9.59 Å². The van der Waals surface area contributed by atoms with E-state index in [1.165, 1.54) is 12.2 Å². The molecule has 5 atom stereocenters. The van der Waals surface area contributed by atoms with Gasteiger partial charge in [-0.05, 0) is 82.7 Å². The van der Waals surface area contributed by atoms with Crippen LogP contribution in [0.1, 0.15) is 95.5 Å². The maximum atomic E-state index is 13.6. The van der Waals surface area contributed by atoms with E-state index in [9.17, 15) is 29.1 Å². The molecule has 1 amide bonds. The normalized spacial score (nSPS) is 26.9. The number of aliphatic hydroxyl groups is 1. The zero-order valence-corrected chi connectivity index (χ0v) is 30.4. The highest BCUT2D eigenvalue weighted by Gasteiger charge is 2.64. The van der Waals surface area contributed by atoms with Gasteiger partial charge in [-0.1, -0.05) is 26.0 Å². The number of ether oxygens (including phenoxy) is 6. The van der Waals surface area contributed by atoms with Crippen molar-refractivity contribution in [1.82, 2.24) is 5.32 Å². The molecule has 282 valence electrons. The molecule has 5 aliphatic rings. The van der Waals surface area contributed by atoms with E-state index in [2.05, 4.69) is 5.32 Å². The van der Waals surface area contributed by atoms with E-state index in [0.29, 0.717) is 11.1 Å². The van der Waals surface area contributed by atoms with Gasteiger partial charge >= 0.3 is 23.9 Å². The van der Waals surface area contributed by atoms with E-state index in [1.807, 2.05) is 0 Å². The molecule has 13 heteroatoms. The van der Waals surface area contributed by atoms with Crippen LogP contribution in [0.4, 0.5) is 0 Å². The molecule has 2 N–H and O–H groups in total. The zero-order valence-electron chi connectivity index (χ0n) is 30.4. The lowest BCUT2D eigenvalue weighted by molar-refractivity contribution is -0.209. The molecule has 0 spiro atoms. The van der Waals surface area contributed by atoms with Crippen molar-refractivity contribution >= 4 is 35.9 Å². The van der Waals surface area contributed by atoms with Crippen molar-refractivity contribution in [1.29, 1.82) is 0 Å². The molecule has 0 aromatic heterocycles. The number of hydrogen-bond acceptors (Lipinski definition) is 12. The number of amides is 1. The Balaban J connectivity index is 1.11. The Hall–Kier alpha value is -4.07. The molecule has 1 aromatic carbocycles. The number of fused-ring (bicyclic) bond motifs is 1. The summed E-state index contributed by atoms with van der Waals surface area (Å²) in [5, 5.41) is 12.8. The van der Waals surface area contributed by atoms with Crippen LogP contribution in [-0.2, 0) is 47.6 Å². The second kappa shape index (κ2) is 14.7. The highest BCUT2D eigenvalue weighted by atomic mass is 16.8. The van der Waals surface area contributed by atoms with Crippen molar-refractivity contribution < 1.29 is 57.5 Å². The summed E-state index contributed by atoms with van der Waals surface area (Å²) < 4.78 is 35.0. The van der Waals surface area contributed by atoms with Crippen molar-refractivity contribution in [2.45, 2.75) is 121 Å². The van der Waals surface area contributed by atoms with Gasteiger partial charge in [0.05, 0.1) is 18.2 Å². The predicted octanol–water partition coefficient (Wildman–Crippen LogP) is 3.95. The molecule has 3 aliphatic carbocycles. The number of carbonyl (C=O) groups excluding carboxylic acids is 5. The summed E-state index contributed by atoms with van der Waals surface area (Å²) in [6.45, 7) is 8.66. The number of rotatable bonds is 13. The molecule has 13 nitrogen and oxygen atoms in total. The molecule has 6 rings (SSSR count). The van der Waals surface area contributed by atoms with Crippen molar-refractivity contribution in [3.8, 4) is 0 Å². The van der Waals surface area contributed by atoms with Crippen LogP contribution in [0.15, 0.2) is 42.0 Å². The van der Waals surface area contributed by atoms with Gasteiger partial charge in [0, 0.05) is 41.7 Å². The number of cyclic esters (lactones) is 1. The van der Waals surface area contributed by atoms with Gasteiger partial charge in [0.15, 0.2) is 5.79 Å². The van der Waals surface area contributed by atoms with Gasteiger partial charge in [0.25, 0.3) is 0 Å². The van der Waals surface area contributed by atoms with E-state index in [-0.39, 0.29) is 49.9 Å². The predicted molar refractivity (Wildman–Crippen MR) is 184 cm³/mol. The lowest BCUT2D eigenvalue weighted by Gasteiger charge is -2.31. The highest BCUT2D eigenvalue weighted by molar-refractivity contribution is 5.95. The second-order valence-electron chi connectivity index (χ2n) is 16.1. The average Bonchev–Trinajstić information content (AvgIpc) is 4.03. The topological polar surface area (TPSA) is 173 Å². The van der Waals surface area contributed by atoms with Crippen LogP contribution in [0.2, 0.25) is 0 Å². The SMILES string of the molecule is CC(C)(C)OC(=O)CC[C@@H](CO)NC(=O)C1=C[C@H]2OC(C3CC3)(C3CC3)O[C@H]2[C@H](OC(=O)c2ccc(C=CC(=O)O[C@H]3C(=O)OCC3(C)C)cc2)C1. The summed E-state index contributed by atoms with van der Waals surface area (Å²) >= 11 is 0. The molecule has 2 saturated heterocycles. The minimum atomic E-state index is -0.990. The Labute approximate surface area is 303 Å². The van der Waals surface area contributed by atoms with E-state index < -0.39 is 77.0 Å². The third-order valence-corrected chi connectivity index (χ3v) is 9.94. The number of benzene rings is 1. The Morgan fingerprint density at radius 1 is 1.02 bits per heavy atom. The summed E-state index contributed by atoms with van der Waals surface area (Å²) in [5.41, 5.74) is -0.0744. The van der Waals surface area contributed by atoms with Crippen LogP contribution in [0.25, 0.3) is 6.08 Å². The molecule has 2 saturated carbocycles. The Kier molecular flexibility index (Phi) is 10.7. The Bertz CT molecular complexity index is 1600. The van der Waals surface area contributed by atoms with Crippen molar-refractivity contribution in [2.24, 2.45) is 17.3 Å². The van der Waals surface area contributed by atoms with Crippen LogP contribution in [0, 0.1) is 17.3 Å². The van der Waals surface area contributed by atoms with Gasteiger partial charge in [-0.25, -0.2) is 14.4 Å². The lowest BCUT2D eigenvalue weighted by Crippen LogP contribution is -2.45. The monoisotopic (exact) mass is 723 g/mol. The van der Waals surface area contributed by atoms with Gasteiger partial charge < -0.3 is 38.8 Å². The summed E-state index contributed by atoms with van der Waals surface area (Å²) in [6.07, 6.45) is 5.59. The van der Waals surface area contributed by atoms with Crippen LogP contribution in [0.5, 0.6) is 0 Å². The summed E-state index contributed by atoms with van der Waals surface area (Å²) in [6, 6.07) is 5.72. The smallest absolute Gasteiger partial charge is 0.348 e.